The maximum Gasteiger partial charge on any atom is 0.307 e. The molecule has 19 heavy (non-hydrogen) atoms. The molecule has 96 valence electrons. The summed E-state index contributed by atoms with van der Waals surface area (Å²) in [5, 5.41) is 9.92. The monoisotopic (exact) mass is 254 g/mol. The van der Waals surface area contributed by atoms with Gasteiger partial charge >= 0.3 is 5.97 Å². The van der Waals surface area contributed by atoms with E-state index in [9.17, 15) is 4.79 Å². The summed E-state index contributed by atoms with van der Waals surface area (Å²) >= 11 is 0. The Morgan fingerprint density at radius 2 is 2.26 bits per heavy atom. The van der Waals surface area contributed by atoms with Gasteiger partial charge in [0.1, 0.15) is 5.58 Å². The summed E-state index contributed by atoms with van der Waals surface area (Å²) in [7, 11) is 0. The van der Waals surface area contributed by atoms with Crippen molar-refractivity contribution >= 4 is 22.5 Å². The van der Waals surface area contributed by atoms with Crippen LogP contribution in [0, 0.1) is 0 Å². The Kier molecular flexibility index (Phi) is 2.95. The van der Waals surface area contributed by atoms with E-state index in [1.807, 2.05) is 12.1 Å². The van der Waals surface area contributed by atoms with Crippen LogP contribution in [0.1, 0.15) is 24.0 Å². The lowest BCUT2D eigenvalue weighted by atomic mass is 9.96. The van der Waals surface area contributed by atoms with Crippen molar-refractivity contribution in [2.24, 2.45) is 0 Å². The van der Waals surface area contributed by atoms with Crippen LogP contribution in [0.15, 0.2) is 47.1 Å². The van der Waals surface area contributed by atoms with E-state index >= 15 is 0 Å². The van der Waals surface area contributed by atoms with Crippen molar-refractivity contribution in [1.82, 2.24) is 0 Å². The van der Waals surface area contributed by atoms with Crippen molar-refractivity contribution in [3.8, 4) is 0 Å². The molecule has 2 aromatic rings. The number of carboxylic acid groups (broad SMARTS) is 1. The van der Waals surface area contributed by atoms with E-state index in [0.29, 0.717) is 5.58 Å². The molecular weight excluding hydrogens is 240 g/mol. The summed E-state index contributed by atoms with van der Waals surface area (Å²) in [5.74, 6) is -0.842. The lowest BCUT2D eigenvalue weighted by Gasteiger charge is -2.07. The van der Waals surface area contributed by atoms with E-state index in [4.69, 9.17) is 9.52 Å². The first kappa shape index (κ1) is 11.8. The van der Waals surface area contributed by atoms with Crippen LogP contribution in [0.2, 0.25) is 0 Å². The van der Waals surface area contributed by atoms with Crippen LogP contribution in [0.3, 0.4) is 0 Å². The number of para-hydroxylation sites is 1. The highest BCUT2D eigenvalue weighted by Crippen LogP contribution is 2.33. The second-order valence-electron chi connectivity index (χ2n) is 4.67. The first-order valence-electron chi connectivity index (χ1n) is 6.32. The number of carbonyl (C=O) groups is 1. The number of furan rings is 1. The summed E-state index contributed by atoms with van der Waals surface area (Å²) in [4.78, 5) is 10.9. The summed E-state index contributed by atoms with van der Waals surface area (Å²) < 4.78 is 5.61. The SMILES string of the molecule is O=C(O)Cc1cccc2c(C3=CC=CCC3)coc12. The molecule has 3 nitrogen and oxygen atoms in total. The lowest BCUT2D eigenvalue weighted by molar-refractivity contribution is -0.136. The molecule has 0 saturated carbocycles. The van der Waals surface area contributed by atoms with Gasteiger partial charge < -0.3 is 9.52 Å². The Hall–Kier alpha value is -2.29. The Morgan fingerprint density at radius 1 is 1.37 bits per heavy atom. The molecule has 1 aliphatic rings. The molecule has 0 aliphatic heterocycles. The van der Waals surface area contributed by atoms with Gasteiger partial charge in [-0.3, -0.25) is 4.79 Å². The Labute approximate surface area is 110 Å². The Bertz CT molecular complexity index is 689. The highest BCUT2D eigenvalue weighted by Gasteiger charge is 2.14. The van der Waals surface area contributed by atoms with E-state index in [1.165, 1.54) is 5.57 Å². The number of hydrogen-bond acceptors (Lipinski definition) is 2. The average molecular weight is 254 g/mol. The minimum absolute atomic E-state index is 0.0107. The number of rotatable bonds is 3. The van der Waals surface area contributed by atoms with Gasteiger partial charge in [0.2, 0.25) is 0 Å². The molecule has 1 aromatic heterocycles. The van der Waals surface area contributed by atoms with E-state index < -0.39 is 5.97 Å². The van der Waals surface area contributed by atoms with E-state index in [-0.39, 0.29) is 6.42 Å². The molecule has 1 heterocycles. The molecular formula is C16H14O3. The molecule has 0 spiro atoms. The predicted octanol–water partition coefficient (Wildman–Crippen LogP) is 3.79. The van der Waals surface area contributed by atoms with E-state index in [2.05, 4.69) is 18.2 Å². The van der Waals surface area contributed by atoms with Gasteiger partial charge in [-0.2, -0.15) is 0 Å². The molecule has 0 saturated heterocycles. The maximum absolute atomic E-state index is 10.9. The van der Waals surface area contributed by atoms with Crippen molar-refractivity contribution in [2.75, 3.05) is 0 Å². The molecule has 3 heteroatoms. The highest BCUT2D eigenvalue weighted by atomic mass is 16.4. The molecule has 0 bridgehead atoms. The zero-order valence-corrected chi connectivity index (χ0v) is 10.4. The zero-order chi connectivity index (χ0) is 13.2. The van der Waals surface area contributed by atoms with Gasteiger partial charge in [0, 0.05) is 16.5 Å². The smallest absolute Gasteiger partial charge is 0.307 e. The van der Waals surface area contributed by atoms with Crippen molar-refractivity contribution in [2.45, 2.75) is 19.3 Å². The minimum Gasteiger partial charge on any atom is -0.481 e. The van der Waals surface area contributed by atoms with Crippen LogP contribution in [0.5, 0.6) is 0 Å². The van der Waals surface area contributed by atoms with Crippen LogP contribution in [0.25, 0.3) is 16.5 Å². The van der Waals surface area contributed by atoms with Crippen LogP contribution >= 0.6 is 0 Å². The molecule has 0 fully saturated rings. The summed E-state index contributed by atoms with van der Waals surface area (Å²) in [6.07, 6.45) is 10.0. The van der Waals surface area contributed by atoms with Crippen LogP contribution in [-0.2, 0) is 11.2 Å². The summed E-state index contributed by atoms with van der Waals surface area (Å²) in [6.45, 7) is 0. The zero-order valence-electron chi connectivity index (χ0n) is 10.4. The lowest BCUT2D eigenvalue weighted by Crippen LogP contribution is -2.00. The van der Waals surface area contributed by atoms with Crippen molar-refractivity contribution in [3.63, 3.8) is 0 Å². The number of benzene rings is 1. The fourth-order valence-electron chi connectivity index (χ4n) is 2.50. The van der Waals surface area contributed by atoms with E-state index in [0.717, 1.165) is 29.4 Å². The number of aliphatic carboxylic acids is 1. The van der Waals surface area contributed by atoms with Crippen molar-refractivity contribution in [3.05, 3.63) is 53.8 Å². The standard InChI is InChI=1S/C16H14O3/c17-15(18)9-12-7-4-8-13-14(10-19-16(12)13)11-5-2-1-3-6-11/h1-2,4-5,7-8,10H,3,6,9H2,(H,17,18). The molecule has 0 amide bonds. The molecule has 1 aliphatic carbocycles. The van der Waals surface area contributed by atoms with Gasteiger partial charge in [0.05, 0.1) is 12.7 Å². The molecule has 0 atom stereocenters. The first-order chi connectivity index (χ1) is 9.25. The third-order valence-electron chi connectivity index (χ3n) is 3.38. The van der Waals surface area contributed by atoms with E-state index in [1.54, 1.807) is 12.3 Å². The van der Waals surface area contributed by atoms with Crippen molar-refractivity contribution < 1.29 is 14.3 Å². The molecule has 1 N–H and O–H groups in total. The Morgan fingerprint density at radius 3 is 3.00 bits per heavy atom. The first-order valence-corrected chi connectivity index (χ1v) is 6.32. The number of hydrogen-bond donors (Lipinski definition) is 1. The van der Waals surface area contributed by atoms with Crippen LogP contribution in [-0.4, -0.2) is 11.1 Å². The third-order valence-corrected chi connectivity index (χ3v) is 3.38. The van der Waals surface area contributed by atoms with Gasteiger partial charge in [-0.15, -0.1) is 0 Å². The summed E-state index contributed by atoms with van der Waals surface area (Å²) in [5.41, 5.74) is 3.74. The maximum atomic E-state index is 10.9. The second kappa shape index (κ2) is 4.76. The van der Waals surface area contributed by atoms with Gasteiger partial charge in [0.25, 0.3) is 0 Å². The normalized spacial score (nSPS) is 14.6. The number of fused-ring (bicyclic) bond motifs is 1. The van der Waals surface area contributed by atoms with Gasteiger partial charge in [-0.25, -0.2) is 0 Å². The highest BCUT2D eigenvalue weighted by molar-refractivity contribution is 5.94. The minimum atomic E-state index is -0.842. The molecule has 3 rings (SSSR count). The van der Waals surface area contributed by atoms with Gasteiger partial charge in [0.15, 0.2) is 0 Å². The fraction of sp³-hybridized carbons (Fsp3) is 0.188. The molecule has 0 unspecified atom stereocenters. The largest absolute Gasteiger partial charge is 0.481 e. The average Bonchev–Trinajstić information content (AvgIpc) is 2.84. The summed E-state index contributed by atoms with van der Waals surface area (Å²) in [6, 6.07) is 5.68. The molecule has 1 aromatic carbocycles. The second-order valence-corrected chi connectivity index (χ2v) is 4.67. The number of allylic oxidation sites excluding steroid dienone is 4. The van der Waals surface area contributed by atoms with Gasteiger partial charge in [-0.05, 0) is 18.4 Å². The van der Waals surface area contributed by atoms with Crippen LogP contribution < -0.4 is 0 Å². The van der Waals surface area contributed by atoms with Crippen molar-refractivity contribution in [1.29, 1.82) is 0 Å². The number of carboxylic acids is 1. The topological polar surface area (TPSA) is 50.4 Å². The Balaban J connectivity index is 2.11. The molecule has 0 radical (unpaired) electrons. The quantitative estimate of drug-likeness (QED) is 0.906. The fourth-order valence-corrected chi connectivity index (χ4v) is 2.50. The van der Waals surface area contributed by atoms with Gasteiger partial charge in [-0.1, -0.05) is 36.4 Å². The third kappa shape index (κ3) is 2.19. The predicted molar refractivity (Wildman–Crippen MR) is 73.9 cm³/mol. The van der Waals surface area contributed by atoms with Crippen LogP contribution in [0.4, 0.5) is 0 Å².